The first-order valence-electron chi connectivity index (χ1n) is 7.51. The van der Waals surface area contributed by atoms with Crippen molar-refractivity contribution in [3.8, 4) is 5.75 Å². The minimum Gasteiger partial charge on any atom is -0.491 e. The molecule has 1 unspecified atom stereocenters. The number of hydrogen-bond donors (Lipinski definition) is 1. The molecule has 0 aliphatic carbocycles. The standard InChI is InChI=1S/C16H21NO5S/c18-15(17-6-9-23-12-13(17)10-16(19)20)11-21-7-8-22-14-4-2-1-3-5-14/h1-5,13H,6-12H2,(H,19,20). The maximum absolute atomic E-state index is 12.2. The van der Waals surface area contributed by atoms with Gasteiger partial charge in [-0.1, -0.05) is 18.2 Å². The molecule has 2 rings (SSSR count). The van der Waals surface area contributed by atoms with Crippen molar-refractivity contribution in [2.75, 3.05) is 37.9 Å². The lowest BCUT2D eigenvalue weighted by molar-refractivity contribution is -0.142. The van der Waals surface area contributed by atoms with Gasteiger partial charge in [0, 0.05) is 18.1 Å². The number of amides is 1. The SMILES string of the molecule is O=C(O)CC1CSCCN1C(=O)COCCOc1ccccc1. The van der Waals surface area contributed by atoms with Crippen molar-refractivity contribution >= 4 is 23.6 Å². The van der Waals surface area contributed by atoms with Crippen LogP contribution >= 0.6 is 11.8 Å². The number of hydrogen-bond acceptors (Lipinski definition) is 5. The zero-order valence-electron chi connectivity index (χ0n) is 12.8. The van der Waals surface area contributed by atoms with Gasteiger partial charge in [-0.05, 0) is 12.1 Å². The van der Waals surface area contributed by atoms with E-state index in [2.05, 4.69) is 0 Å². The van der Waals surface area contributed by atoms with E-state index in [0.717, 1.165) is 11.5 Å². The number of benzene rings is 1. The van der Waals surface area contributed by atoms with Crippen LogP contribution in [0.1, 0.15) is 6.42 Å². The van der Waals surface area contributed by atoms with E-state index in [1.807, 2.05) is 30.3 Å². The van der Waals surface area contributed by atoms with Gasteiger partial charge in [-0.25, -0.2) is 0 Å². The van der Waals surface area contributed by atoms with Crippen LogP contribution < -0.4 is 4.74 Å². The molecule has 23 heavy (non-hydrogen) atoms. The molecule has 1 aliphatic rings. The van der Waals surface area contributed by atoms with Gasteiger partial charge in [-0.3, -0.25) is 9.59 Å². The zero-order valence-corrected chi connectivity index (χ0v) is 13.7. The van der Waals surface area contributed by atoms with Crippen molar-refractivity contribution < 1.29 is 24.2 Å². The Hall–Kier alpha value is -1.73. The summed E-state index contributed by atoms with van der Waals surface area (Å²) < 4.78 is 10.8. The van der Waals surface area contributed by atoms with Gasteiger partial charge < -0.3 is 19.5 Å². The Morgan fingerprint density at radius 3 is 2.78 bits per heavy atom. The van der Waals surface area contributed by atoms with E-state index in [9.17, 15) is 9.59 Å². The summed E-state index contributed by atoms with van der Waals surface area (Å²) in [6.07, 6.45) is -0.0180. The summed E-state index contributed by atoms with van der Waals surface area (Å²) in [7, 11) is 0. The molecule has 1 amide bonds. The fourth-order valence-electron chi connectivity index (χ4n) is 2.33. The minimum absolute atomic E-state index is 0.0180. The Balaban J connectivity index is 1.67. The number of carbonyl (C=O) groups is 2. The third-order valence-electron chi connectivity index (χ3n) is 3.42. The van der Waals surface area contributed by atoms with Crippen LogP contribution in [0.3, 0.4) is 0 Å². The molecule has 0 bridgehead atoms. The van der Waals surface area contributed by atoms with Gasteiger partial charge >= 0.3 is 5.97 Å². The third-order valence-corrected chi connectivity index (χ3v) is 4.51. The lowest BCUT2D eigenvalue weighted by Gasteiger charge is -2.34. The van der Waals surface area contributed by atoms with E-state index < -0.39 is 5.97 Å². The Labute approximate surface area is 139 Å². The largest absolute Gasteiger partial charge is 0.491 e. The Kier molecular flexibility index (Phi) is 7.22. The van der Waals surface area contributed by atoms with Gasteiger partial charge in [0.1, 0.15) is 19.0 Å². The fraction of sp³-hybridized carbons (Fsp3) is 0.500. The quantitative estimate of drug-likeness (QED) is 0.724. The topological polar surface area (TPSA) is 76.1 Å². The monoisotopic (exact) mass is 339 g/mol. The molecule has 126 valence electrons. The van der Waals surface area contributed by atoms with Crippen LogP contribution in [0.2, 0.25) is 0 Å². The van der Waals surface area contributed by atoms with E-state index in [1.54, 1.807) is 16.7 Å². The predicted octanol–water partition coefficient (Wildman–Crippen LogP) is 1.50. The summed E-state index contributed by atoms with van der Waals surface area (Å²) in [6, 6.07) is 9.14. The molecule has 7 heteroatoms. The van der Waals surface area contributed by atoms with Crippen LogP contribution in [0.5, 0.6) is 5.75 Å². The van der Waals surface area contributed by atoms with E-state index in [4.69, 9.17) is 14.6 Å². The van der Waals surface area contributed by atoms with Gasteiger partial charge in [0.2, 0.25) is 5.91 Å². The summed E-state index contributed by atoms with van der Waals surface area (Å²) in [6.45, 7) is 1.21. The average Bonchev–Trinajstić information content (AvgIpc) is 2.55. The molecule has 1 aromatic rings. The molecule has 1 aliphatic heterocycles. The van der Waals surface area contributed by atoms with Crippen LogP contribution in [0.4, 0.5) is 0 Å². The summed E-state index contributed by atoms with van der Waals surface area (Å²) in [5.74, 6) is 1.22. The van der Waals surface area contributed by atoms with Crippen LogP contribution in [0.25, 0.3) is 0 Å². The number of rotatable bonds is 8. The summed E-state index contributed by atoms with van der Waals surface area (Å²) in [4.78, 5) is 24.7. The molecule has 1 aromatic carbocycles. The van der Waals surface area contributed by atoms with Crippen molar-refractivity contribution in [3.63, 3.8) is 0 Å². The molecule has 0 radical (unpaired) electrons. The molecule has 0 saturated carbocycles. The van der Waals surface area contributed by atoms with Crippen LogP contribution in [0.15, 0.2) is 30.3 Å². The number of thioether (sulfide) groups is 1. The van der Waals surface area contributed by atoms with Crippen molar-refractivity contribution in [2.24, 2.45) is 0 Å². The van der Waals surface area contributed by atoms with Crippen molar-refractivity contribution in [2.45, 2.75) is 12.5 Å². The summed E-state index contributed by atoms with van der Waals surface area (Å²) in [5, 5.41) is 8.92. The summed E-state index contributed by atoms with van der Waals surface area (Å²) >= 11 is 1.68. The highest BCUT2D eigenvalue weighted by atomic mass is 32.2. The first-order chi connectivity index (χ1) is 11.2. The van der Waals surface area contributed by atoms with E-state index in [1.165, 1.54) is 0 Å². The Morgan fingerprint density at radius 1 is 1.26 bits per heavy atom. The van der Waals surface area contributed by atoms with Crippen LogP contribution in [-0.4, -0.2) is 65.8 Å². The van der Waals surface area contributed by atoms with Gasteiger partial charge in [-0.2, -0.15) is 11.8 Å². The van der Waals surface area contributed by atoms with Crippen molar-refractivity contribution in [1.82, 2.24) is 4.90 Å². The smallest absolute Gasteiger partial charge is 0.305 e. The molecule has 0 aromatic heterocycles. The first kappa shape index (κ1) is 17.6. The lowest BCUT2D eigenvalue weighted by Crippen LogP contribution is -2.48. The molecule has 0 spiro atoms. The number of carboxylic acids is 1. The molecule has 1 saturated heterocycles. The lowest BCUT2D eigenvalue weighted by atomic mass is 10.2. The molecule has 1 fully saturated rings. The number of carboxylic acid groups (broad SMARTS) is 1. The number of para-hydroxylation sites is 1. The minimum atomic E-state index is -0.882. The second-order valence-corrected chi connectivity index (χ2v) is 6.28. The molecular formula is C16H21NO5S. The maximum Gasteiger partial charge on any atom is 0.305 e. The second kappa shape index (κ2) is 9.42. The van der Waals surface area contributed by atoms with Crippen molar-refractivity contribution in [3.05, 3.63) is 30.3 Å². The number of aliphatic carboxylic acids is 1. The van der Waals surface area contributed by atoms with Gasteiger partial charge in [0.25, 0.3) is 0 Å². The highest BCUT2D eigenvalue weighted by molar-refractivity contribution is 7.99. The second-order valence-electron chi connectivity index (χ2n) is 5.13. The van der Waals surface area contributed by atoms with Gasteiger partial charge in [0.05, 0.1) is 19.1 Å². The highest BCUT2D eigenvalue weighted by Gasteiger charge is 2.28. The highest BCUT2D eigenvalue weighted by Crippen LogP contribution is 2.19. The van der Waals surface area contributed by atoms with Gasteiger partial charge in [-0.15, -0.1) is 0 Å². The van der Waals surface area contributed by atoms with Crippen molar-refractivity contribution in [1.29, 1.82) is 0 Å². The first-order valence-corrected chi connectivity index (χ1v) is 8.67. The van der Waals surface area contributed by atoms with Gasteiger partial charge in [0.15, 0.2) is 0 Å². The molecule has 1 atom stereocenters. The van der Waals surface area contributed by atoms with Crippen LogP contribution in [-0.2, 0) is 14.3 Å². The Morgan fingerprint density at radius 2 is 2.04 bits per heavy atom. The van der Waals surface area contributed by atoms with E-state index in [0.29, 0.717) is 25.5 Å². The normalized spacial score (nSPS) is 17.7. The summed E-state index contributed by atoms with van der Waals surface area (Å²) in [5.41, 5.74) is 0. The number of nitrogens with zero attached hydrogens (tertiary/aromatic N) is 1. The maximum atomic E-state index is 12.2. The molecule has 1 heterocycles. The molecule has 6 nitrogen and oxygen atoms in total. The Bertz CT molecular complexity index is 510. The zero-order chi connectivity index (χ0) is 16.5. The third kappa shape index (κ3) is 6.11. The van der Waals surface area contributed by atoms with E-state index >= 15 is 0 Å². The number of ether oxygens (including phenoxy) is 2. The fourth-order valence-corrected chi connectivity index (χ4v) is 3.39. The number of carbonyl (C=O) groups excluding carboxylic acids is 1. The predicted molar refractivity (Wildman–Crippen MR) is 87.8 cm³/mol. The van der Waals surface area contributed by atoms with E-state index in [-0.39, 0.29) is 25.0 Å². The molecule has 1 N–H and O–H groups in total. The van der Waals surface area contributed by atoms with Crippen LogP contribution in [0, 0.1) is 0 Å². The molecular weight excluding hydrogens is 318 g/mol. The average molecular weight is 339 g/mol.